The average Bonchev–Trinajstić information content (AvgIpc) is 2.80. The lowest BCUT2D eigenvalue weighted by atomic mass is 10.0. The van der Waals surface area contributed by atoms with Gasteiger partial charge in [-0.05, 0) is 31.7 Å². The maximum Gasteiger partial charge on any atom is 0.270 e. The molecular weight excluding hydrogens is 260 g/mol. The van der Waals surface area contributed by atoms with Gasteiger partial charge in [0.2, 0.25) is 0 Å². The molecule has 1 aromatic heterocycles. The molecule has 2 rings (SSSR count). The molecule has 0 unspecified atom stereocenters. The van der Waals surface area contributed by atoms with Crippen LogP contribution < -0.4 is 5.56 Å². The number of unbranched alkanes of at least 4 members (excludes halogenated alkanes) is 2. The first-order valence-corrected chi connectivity index (χ1v) is 8.06. The topological polar surface area (TPSA) is 37.8 Å². The summed E-state index contributed by atoms with van der Waals surface area (Å²) in [7, 11) is 0. The summed E-state index contributed by atoms with van der Waals surface area (Å²) in [5.41, 5.74) is 4.45. The fourth-order valence-corrected chi connectivity index (χ4v) is 2.54. The van der Waals surface area contributed by atoms with Gasteiger partial charge in [0.1, 0.15) is 0 Å². The number of aromatic amines is 1. The molecule has 3 heteroatoms. The fraction of sp³-hybridized carbons (Fsp3) is 0.500. The van der Waals surface area contributed by atoms with Gasteiger partial charge in [0.15, 0.2) is 0 Å². The maximum absolute atomic E-state index is 12.6. The van der Waals surface area contributed by atoms with Crippen molar-refractivity contribution in [3.63, 3.8) is 0 Å². The molecule has 114 valence electrons. The molecule has 1 N–H and O–H groups in total. The molecule has 0 saturated heterocycles. The van der Waals surface area contributed by atoms with Crippen LogP contribution in [0, 0.1) is 6.92 Å². The zero-order valence-corrected chi connectivity index (χ0v) is 13.4. The van der Waals surface area contributed by atoms with Gasteiger partial charge in [0, 0.05) is 12.1 Å². The molecule has 1 heterocycles. The molecule has 3 nitrogen and oxygen atoms in total. The predicted octanol–water partition coefficient (Wildman–Crippen LogP) is 4.29. The smallest absolute Gasteiger partial charge is 0.270 e. The van der Waals surface area contributed by atoms with E-state index in [1.54, 1.807) is 4.68 Å². The van der Waals surface area contributed by atoms with Crippen LogP contribution in [0.5, 0.6) is 0 Å². The summed E-state index contributed by atoms with van der Waals surface area (Å²) < 4.78 is 1.78. The summed E-state index contributed by atoms with van der Waals surface area (Å²) in [6, 6.07) is 8.39. The van der Waals surface area contributed by atoms with E-state index in [0.717, 1.165) is 55.5 Å². The third-order valence-corrected chi connectivity index (χ3v) is 3.91. The molecule has 21 heavy (non-hydrogen) atoms. The molecule has 2 aromatic rings. The molecule has 0 saturated carbocycles. The van der Waals surface area contributed by atoms with Crippen molar-refractivity contribution in [1.29, 1.82) is 0 Å². The maximum atomic E-state index is 12.6. The number of H-pyrrole nitrogens is 1. The minimum absolute atomic E-state index is 0.160. The van der Waals surface area contributed by atoms with Crippen molar-refractivity contribution in [2.24, 2.45) is 0 Å². The Morgan fingerprint density at radius 3 is 2.33 bits per heavy atom. The third-order valence-electron chi connectivity index (χ3n) is 3.91. The minimum Gasteiger partial charge on any atom is -0.295 e. The molecule has 0 aliphatic heterocycles. The monoisotopic (exact) mass is 286 g/mol. The van der Waals surface area contributed by atoms with Crippen molar-refractivity contribution in [3.05, 3.63) is 45.7 Å². The Morgan fingerprint density at radius 2 is 1.71 bits per heavy atom. The van der Waals surface area contributed by atoms with Crippen LogP contribution in [0.1, 0.15) is 50.7 Å². The Bertz CT molecular complexity index is 620. The highest BCUT2D eigenvalue weighted by atomic mass is 16.1. The van der Waals surface area contributed by atoms with E-state index in [1.165, 1.54) is 5.56 Å². The predicted molar refractivity (Wildman–Crippen MR) is 88.7 cm³/mol. The van der Waals surface area contributed by atoms with Crippen LogP contribution in [-0.4, -0.2) is 9.78 Å². The van der Waals surface area contributed by atoms with E-state index in [4.69, 9.17) is 0 Å². The van der Waals surface area contributed by atoms with Crippen LogP contribution in [0.15, 0.2) is 29.1 Å². The molecule has 1 aromatic carbocycles. The van der Waals surface area contributed by atoms with Crippen molar-refractivity contribution in [1.82, 2.24) is 9.78 Å². The lowest BCUT2D eigenvalue weighted by Crippen LogP contribution is -2.19. The zero-order valence-electron chi connectivity index (χ0n) is 13.4. The van der Waals surface area contributed by atoms with Gasteiger partial charge in [-0.1, -0.05) is 56.5 Å². The van der Waals surface area contributed by atoms with E-state index in [9.17, 15) is 4.79 Å². The summed E-state index contributed by atoms with van der Waals surface area (Å²) in [5.74, 6) is 0. The summed E-state index contributed by atoms with van der Waals surface area (Å²) in [4.78, 5) is 12.6. The van der Waals surface area contributed by atoms with E-state index in [0.29, 0.717) is 0 Å². The van der Waals surface area contributed by atoms with Gasteiger partial charge in [0.05, 0.1) is 5.69 Å². The number of benzene rings is 1. The van der Waals surface area contributed by atoms with Crippen molar-refractivity contribution in [2.45, 2.75) is 59.4 Å². The molecule has 0 bridgehead atoms. The second kappa shape index (κ2) is 7.30. The van der Waals surface area contributed by atoms with E-state index in [1.807, 2.05) is 0 Å². The van der Waals surface area contributed by atoms with Crippen molar-refractivity contribution < 1.29 is 0 Å². The SMILES string of the molecule is CCCCc1c(-c2ccc(C)cc2)[nH]n(CCCC)c1=O. The van der Waals surface area contributed by atoms with Crippen molar-refractivity contribution >= 4 is 0 Å². The van der Waals surface area contributed by atoms with Crippen molar-refractivity contribution in [3.8, 4) is 11.3 Å². The number of nitrogens with one attached hydrogen (secondary N) is 1. The van der Waals surface area contributed by atoms with Gasteiger partial charge < -0.3 is 0 Å². The molecule has 0 aliphatic carbocycles. The zero-order chi connectivity index (χ0) is 15.2. The molecule has 0 spiro atoms. The Hall–Kier alpha value is -1.77. The number of aromatic nitrogens is 2. The van der Waals surface area contributed by atoms with E-state index < -0.39 is 0 Å². The average molecular weight is 286 g/mol. The second-order valence-corrected chi connectivity index (χ2v) is 5.75. The summed E-state index contributed by atoms with van der Waals surface area (Å²) in [5, 5.41) is 3.33. The van der Waals surface area contributed by atoms with Crippen LogP contribution in [0.3, 0.4) is 0 Å². The van der Waals surface area contributed by atoms with Crippen LogP contribution in [0.25, 0.3) is 11.3 Å². The highest BCUT2D eigenvalue weighted by Crippen LogP contribution is 2.21. The lowest BCUT2D eigenvalue weighted by Gasteiger charge is -2.03. The van der Waals surface area contributed by atoms with Crippen LogP contribution in [0.4, 0.5) is 0 Å². The summed E-state index contributed by atoms with van der Waals surface area (Å²) in [6.45, 7) is 7.16. The van der Waals surface area contributed by atoms with Gasteiger partial charge in [0.25, 0.3) is 5.56 Å². The largest absolute Gasteiger partial charge is 0.295 e. The van der Waals surface area contributed by atoms with E-state index >= 15 is 0 Å². The lowest BCUT2D eigenvalue weighted by molar-refractivity contribution is 0.557. The molecule has 0 fully saturated rings. The number of hydrogen-bond donors (Lipinski definition) is 1. The first-order valence-electron chi connectivity index (χ1n) is 8.06. The standard InChI is InChI=1S/C18H26N2O/c1-4-6-8-16-17(15-11-9-14(3)10-12-15)19-20(18(16)21)13-7-5-2/h9-12,19H,4-8,13H2,1-3H3. The van der Waals surface area contributed by atoms with Crippen LogP contribution in [-0.2, 0) is 13.0 Å². The van der Waals surface area contributed by atoms with Crippen molar-refractivity contribution in [2.75, 3.05) is 0 Å². The number of hydrogen-bond acceptors (Lipinski definition) is 1. The molecular formula is C18H26N2O. The Balaban J connectivity index is 2.41. The summed E-state index contributed by atoms with van der Waals surface area (Å²) >= 11 is 0. The minimum atomic E-state index is 0.160. The van der Waals surface area contributed by atoms with Gasteiger partial charge in [-0.15, -0.1) is 0 Å². The van der Waals surface area contributed by atoms with Crippen LogP contribution in [0.2, 0.25) is 0 Å². The number of nitrogens with zero attached hydrogens (tertiary/aromatic N) is 1. The Morgan fingerprint density at radius 1 is 1.05 bits per heavy atom. The van der Waals surface area contributed by atoms with Gasteiger partial charge in [-0.2, -0.15) is 0 Å². The summed E-state index contributed by atoms with van der Waals surface area (Å²) in [6.07, 6.45) is 5.14. The third kappa shape index (κ3) is 3.66. The van der Waals surface area contributed by atoms with Gasteiger partial charge >= 0.3 is 0 Å². The Kier molecular flexibility index (Phi) is 5.43. The molecule has 0 radical (unpaired) electrons. The van der Waals surface area contributed by atoms with E-state index in [2.05, 4.69) is 50.1 Å². The highest BCUT2D eigenvalue weighted by Gasteiger charge is 2.14. The van der Waals surface area contributed by atoms with E-state index in [-0.39, 0.29) is 5.56 Å². The van der Waals surface area contributed by atoms with Crippen LogP contribution >= 0.6 is 0 Å². The molecule has 0 amide bonds. The van der Waals surface area contributed by atoms with Gasteiger partial charge in [-0.3, -0.25) is 14.6 Å². The van der Waals surface area contributed by atoms with Gasteiger partial charge in [-0.25, -0.2) is 0 Å². The molecule has 0 atom stereocenters. The Labute approximate surface area is 127 Å². The number of rotatable bonds is 7. The first kappa shape index (κ1) is 15.6. The number of aryl methyl sites for hydroxylation is 2. The fourth-order valence-electron chi connectivity index (χ4n) is 2.54. The first-order chi connectivity index (χ1) is 10.2. The molecule has 0 aliphatic rings. The quantitative estimate of drug-likeness (QED) is 0.810. The highest BCUT2D eigenvalue weighted by molar-refractivity contribution is 5.63. The second-order valence-electron chi connectivity index (χ2n) is 5.75. The normalized spacial score (nSPS) is 11.0.